The number of carbonyl (C=O) groups excluding carboxylic acids is 1. The highest BCUT2D eigenvalue weighted by atomic mass is 32.2. The number of aromatic amines is 1. The van der Waals surface area contributed by atoms with E-state index in [2.05, 4.69) is 25.5 Å². The van der Waals surface area contributed by atoms with Crippen LogP contribution in [-0.4, -0.2) is 50.9 Å². The Morgan fingerprint density at radius 2 is 1.92 bits per heavy atom. The Hall–Kier alpha value is -3.15. The Morgan fingerprint density at radius 1 is 1.19 bits per heavy atom. The summed E-state index contributed by atoms with van der Waals surface area (Å²) in [4.78, 5) is 23.4. The summed E-state index contributed by atoms with van der Waals surface area (Å²) in [5, 5.41) is 10.6. The van der Waals surface area contributed by atoms with Crippen molar-refractivity contribution < 1.29 is 25.2 Å². The lowest BCUT2D eigenvalue weighted by molar-refractivity contribution is -0.151. The van der Waals surface area contributed by atoms with Crippen LogP contribution in [0.3, 0.4) is 0 Å². The molecular formula is C24H28F4N6OS. The van der Waals surface area contributed by atoms with Crippen molar-refractivity contribution in [3.63, 3.8) is 0 Å². The van der Waals surface area contributed by atoms with E-state index in [4.69, 9.17) is 0 Å². The standard InChI is InChI=1S/C24H24F4N6OS.2H2/c1-14-8-20(33-32-14)29-19-10-21(34-12-23(25,13-34)16-4-5-16)31-22(30-19)36-18-6-2-15(3-7-18)9-17(35)11-24(26,27)28;;/h2-3,6-8,10,16H,4-5,9,11-13H2,1H3,(H2,29,30,31,32,33);2*1H. The molecule has 2 N–H and O–H groups in total. The van der Waals surface area contributed by atoms with Crippen LogP contribution in [0, 0.1) is 12.8 Å². The summed E-state index contributed by atoms with van der Waals surface area (Å²) in [6, 6.07) is 10.3. The van der Waals surface area contributed by atoms with Crippen LogP contribution in [0.1, 0.15) is 33.4 Å². The molecule has 12 heteroatoms. The minimum Gasteiger partial charge on any atom is -0.350 e. The van der Waals surface area contributed by atoms with E-state index >= 15 is 0 Å². The van der Waals surface area contributed by atoms with Gasteiger partial charge in [-0.2, -0.15) is 18.3 Å². The number of carbonyl (C=O) groups is 1. The number of hydrogen-bond donors (Lipinski definition) is 2. The van der Waals surface area contributed by atoms with E-state index in [0.29, 0.717) is 41.3 Å². The molecule has 0 spiro atoms. The number of aryl methyl sites for hydroxylation is 1. The molecule has 0 bridgehead atoms. The molecule has 0 unspecified atom stereocenters. The Morgan fingerprint density at radius 3 is 2.53 bits per heavy atom. The summed E-state index contributed by atoms with van der Waals surface area (Å²) in [6.07, 6.45) is -4.37. The molecule has 3 heterocycles. The molecule has 1 saturated heterocycles. The number of nitrogens with zero attached hydrogens (tertiary/aromatic N) is 4. The van der Waals surface area contributed by atoms with Gasteiger partial charge in [0.1, 0.15) is 29.5 Å². The number of anilines is 3. The maximum absolute atomic E-state index is 14.9. The second-order valence-corrected chi connectivity index (χ2v) is 10.4. The van der Waals surface area contributed by atoms with Gasteiger partial charge >= 0.3 is 6.18 Å². The number of alkyl halides is 4. The van der Waals surface area contributed by atoms with Crippen LogP contribution in [0.15, 0.2) is 46.5 Å². The number of nitrogens with one attached hydrogen (secondary N) is 2. The van der Waals surface area contributed by atoms with Crippen LogP contribution in [0.25, 0.3) is 0 Å². The first kappa shape index (κ1) is 24.5. The number of rotatable bonds is 9. The molecule has 1 aromatic carbocycles. The molecule has 1 saturated carbocycles. The molecule has 0 atom stereocenters. The third kappa shape index (κ3) is 5.97. The van der Waals surface area contributed by atoms with E-state index in [1.54, 1.807) is 30.3 Å². The Bertz CT molecular complexity index is 1260. The predicted molar refractivity (Wildman–Crippen MR) is 132 cm³/mol. The molecule has 7 nitrogen and oxygen atoms in total. The van der Waals surface area contributed by atoms with Crippen molar-refractivity contribution in [1.29, 1.82) is 0 Å². The quantitative estimate of drug-likeness (QED) is 0.266. The molecule has 2 aliphatic rings. The maximum Gasteiger partial charge on any atom is 0.395 e. The molecule has 2 fully saturated rings. The highest BCUT2D eigenvalue weighted by Gasteiger charge is 2.54. The lowest BCUT2D eigenvalue weighted by Crippen LogP contribution is -2.60. The van der Waals surface area contributed by atoms with Crippen LogP contribution < -0.4 is 10.2 Å². The van der Waals surface area contributed by atoms with E-state index in [1.165, 1.54) is 11.8 Å². The van der Waals surface area contributed by atoms with Crippen molar-refractivity contribution in [2.75, 3.05) is 23.3 Å². The smallest absolute Gasteiger partial charge is 0.350 e. The maximum atomic E-state index is 14.9. The van der Waals surface area contributed by atoms with Gasteiger partial charge in [-0.3, -0.25) is 9.89 Å². The van der Waals surface area contributed by atoms with E-state index in [-0.39, 0.29) is 15.2 Å². The highest BCUT2D eigenvalue weighted by molar-refractivity contribution is 7.99. The van der Waals surface area contributed by atoms with Gasteiger partial charge in [-0.25, -0.2) is 14.4 Å². The number of hydrogen-bond acceptors (Lipinski definition) is 7. The fourth-order valence-electron chi connectivity index (χ4n) is 4.20. The summed E-state index contributed by atoms with van der Waals surface area (Å²) in [5.74, 6) is 0.947. The molecule has 0 amide bonds. The second-order valence-electron chi connectivity index (χ2n) is 9.37. The largest absolute Gasteiger partial charge is 0.395 e. The molecule has 1 aliphatic carbocycles. The van der Waals surface area contributed by atoms with Crippen LogP contribution >= 0.6 is 11.8 Å². The number of aromatic nitrogens is 4. The topological polar surface area (TPSA) is 86.8 Å². The summed E-state index contributed by atoms with van der Waals surface area (Å²) >= 11 is 1.26. The van der Waals surface area contributed by atoms with Gasteiger partial charge in [-0.05, 0) is 55.1 Å². The van der Waals surface area contributed by atoms with Crippen molar-refractivity contribution in [3.8, 4) is 0 Å². The fourth-order valence-corrected chi connectivity index (χ4v) is 4.97. The monoisotopic (exact) mass is 524 g/mol. The van der Waals surface area contributed by atoms with E-state index in [0.717, 1.165) is 23.4 Å². The number of Topliss-reactive ketones (excluding diaryl/α,β-unsaturated/α-hetero) is 1. The first-order valence-electron chi connectivity index (χ1n) is 11.5. The summed E-state index contributed by atoms with van der Waals surface area (Å²) in [6.45, 7) is 2.46. The second kappa shape index (κ2) is 9.38. The molecule has 36 heavy (non-hydrogen) atoms. The van der Waals surface area contributed by atoms with Crippen LogP contribution in [0.4, 0.5) is 35.0 Å². The Labute approximate surface area is 212 Å². The third-order valence-electron chi connectivity index (χ3n) is 6.13. The SMILES string of the molecule is Cc1cc(Nc2cc(N3CC(F)(C4CC4)C3)nc(Sc3ccc(CC(=O)CC(F)(F)F)cc3)n2)n[nH]1.[HH].[HH]. The summed E-state index contributed by atoms with van der Waals surface area (Å²) in [7, 11) is 0. The first-order valence-corrected chi connectivity index (χ1v) is 12.3. The number of halogens is 4. The van der Waals surface area contributed by atoms with Crippen LogP contribution in [0.5, 0.6) is 0 Å². The molecule has 0 radical (unpaired) electrons. The summed E-state index contributed by atoms with van der Waals surface area (Å²) < 4.78 is 52.2. The molecule has 2 aromatic heterocycles. The van der Waals surface area contributed by atoms with Crippen molar-refractivity contribution >= 4 is 35.0 Å². The number of benzene rings is 1. The third-order valence-corrected chi connectivity index (χ3v) is 7.00. The van der Waals surface area contributed by atoms with Crippen LogP contribution in [-0.2, 0) is 11.2 Å². The zero-order valence-corrected chi connectivity index (χ0v) is 20.2. The van der Waals surface area contributed by atoms with E-state index in [1.807, 2.05) is 17.9 Å². The Balaban J connectivity index is 0.00000200. The van der Waals surface area contributed by atoms with Gasteiger partial charge in [0.25, 0.3) is 0 Å². The predicted octanol–water partition coefficient (Wildman–Crippen LogP) is 5.90. The average Bonchev–Trinajstić information content (AvgIpc) is 3.54. The zero-order chi connectivity index (χ0) is 25.5. The highest BCUT2D eigenvalue weighted by Crippen LogP contribution is 2.48. The van der Waals surface area contributed by atoms with Gasteiger partial charge < -0.3 is 10.2 Å². The zero-order valence-electron chi connectivity index (χ0n) is 19.4. The fraction of sp³-hybridized carbons (Fsp3) is 0.417. The van der Waals surface area contributed by atoms with Gasteiger partial charge in [0, 0.05) is 32.0 Å². The molecule has 1 aliphatic heterocycles. The van der Waals surface area contributed by atoms with E-state index in [9.17, 15) is 22.4 Å². The molecule has 194 valence electrons. The minimum atomic E-state index is -4.51. The van der Waals surface area contributed by atoms with Crippen LogP contribution in [0.2, 0.25) is 0 Å². The normalized spacial score (nSPS) is 17.1. The summed E-state index contributed by atoms with van der Waals surface area (Å²) in [5.41, 5.74) is 0.217. The van der Waals surface area contributed by atoms with Gasteiger partial charge in [0.2, 0.25) is 0 Å². The van der Waals surface area contributed by atoms with Gasteiger partial charge in [0.15, 0.2) is 11.0 Å². The van der Waals surface area contributed by atoms with Gasteiger partial charge in [-0.1, -0.05) is 12.1 Å². The van der Waals surface area contributed by atoms with Crippen molar-refractivity contribution in [1.82, 2.24) is 20.2 Å². The number of ketones is 1. The van der Waals surface area contributed by atoms with Crippen molar-refractivity contribution in [2.24, 2.45) is 5.92 Å². The van der Waals surface area contributed by atoms with Crippen molar-refractivity contribution in [3.05, 3.63) is 47.7 Å². The average molecular weight is 525 g/mol. The Kier molecular flexibility index (Phi) is 6.39. The molecular weight excluding hydrogens is 496 g/mol. The van der Waals surface area contributed by atoms with E-state index < -0.39 is 24.0 Å². The first-order chi connectivity index (χ1) is 17.0. The number of H-pyrrole nitrogens is 1. The van der Waals surface area contributed by atoms with Gasteiger partial charge in [-0.15, -0.1) is 0 Å². The molecule has 3 aromatic rings. The lowest BCUT2D eigenvalue weighted by atomic mass is 9.91. The van der Waals surface area contributed by atoms with Crippen molar-refractivity contribution in [2.45, 2.75) is 54.5 Å². The lowest BCUT2D eigenvalue weighted by Gasteiger charge is -2.45. The minimum absolute atomic E-state index is 0. The molecule has 5 rings (SSSR count). The van der Waals surface area contributed by atoms with Gasteiger partial charge in [0.05, 0.1) is 13.1 Å².